The van der Waals surface area contributed by atoms with Crippen LogP contribution in [0.4, 0.5) is 5.82 Å². The van der Waals surface area contributed by atoms with Crippen LogP contribution >= 0.6 is 0 Å². The summed E-state index contributed by atoms with van der Waals surface area (Å²) in [5.41, 5.74) is 3.73. The number of pyridine rings is 1. The van der Waals surface area contributed by atoms with Gasteiger partial charge in [0.1, 0.15) is 11.5 Å². The van der Waals surface area contributed by atoms with Crippen LogP contribution in [0.3, 0.4) is 0 Å². The van der Waals surface area contributed by atoms with Crippen molar-refractivity contribution in [1.82, 2.24) is 15.0 Å². The summed E-state index contributed by atoms with van der Waals surface area (Å²) in [5.74, 6) is 0.246. The summed E-state index contributed by atoms with van der Waals surface area (Å²) in [6.45, 7) is 2.80. The van der Waals surface area contributed by atoms with Crippen LogP contribution in [-0.2, 0) is 6.54 Å². The monoisotopic (exact) mass is 336 g/mol. The van der Waals surface area contributed by atoms with Gasteiger partial charge in [-0.05, 0) is 38.7 Å². The van der Waals surface area contributed by atoms with Crippen molar-refractivity contribution in [2.45, 2.75) is 13.5 Å². The van der Waals surface area contributed by atoms with E-state index in [9.17, 15) is 4.79 Å². The van der Waals surface area contributed by atoms with E-state index in [2.05, 4.69) is 20.4 Å². The van der Waals surface area contributed by atoms with Crippen LogP contribution in [0.25, 0.3) is 11.3 Å². The maximum absolute atomic E-state index is 12.3. The number of rotatable bonds is 5. The molecule has 0 fully saturated rings. The molecule has 6 heteroatoms. The first-order chi connectivity index (χ1) is 12.0. The number of hydrogen-bond donors (Lipinski definition) is 1. The number of nitrogens with zero attached hydrogens (tertiary/aromatic N) is 3. The van der Waals surface area contributed by atoms with Gasteiger partial charge in [0.2, 0.25) is 5.76 Å². The van der Waals surface area contributed by atoms with E-state index in [1.54, 1.807) is 18.3 Å². The number of carbonyl (C=O) groups is 1. The lowest BCUT2D eigenvalue weighted by Crippen LogP contribution is -2.13. The summed E-state index contributed by atoms with van der Waals surface area (Å²) >= 11 is 0. The van der Waals surface area contributed by atoms with Crippen LogP contribution in [0.5, 0.6) is 0 Å². The topological polar surface area (TPSA) is 71.3 Å². The van der Waals surface area contributed by atoms with E-state index in [1.165, 1.54) is 0 Å². The van der Waals surface area contributed by atoms with Crippen LogP contribution in [0.2, 0.25) is 0 Å². The van der Waals surface area contributed by atoms with Gasteiger partial charge in [-0.2, -0.15) is 0 Å². The minimum absolute atomic E-state index is 0.149. The fourth-order valence-corrected chi connectivity index (χ4v) is 2.46. The molecule has 25 heavy (non-hydrogen) atoms. The van der Waals surface area contributed by atoms with E-state index >= 15 is 0 Å². The molecule has 3 rings (SSSR count). The van der Waals surface area contributed by atoms with Crippen molar-refractivity contribution in [2.24, 2.45) is 0 Å². The summed E-state index contributed by atoms with van der Waals surface area (Å²) in [7, 11) is 3.98. The first-order valence-electron chi connectivity index (χ1n) is 7.96. The first-order valence-corrected chi connectivity index (χ1v) is 7.96. The van der Waals surface area contributed by atoms with Crippen molar-refractivity contribution in [3.8, 4) is 11.3 Å². The molecule has 0 aliphatic heterocycles. The Morgan fingerprint density at radius 1 is 1.20 bits per heavy atom. The van der Waals surface area contributed by atoms with E-state index in [-0.39, 0.29) is 11.7 Å². The summed E-state index contributed by atoms with van der Waals surface area (Å²) in [5, 5.41) is 6.69. The molecule has 1 N–H and O–H groups in total. The molecule has 0 spiro atoms. The first kappa shape index (κ1) is 16.9. The second-order valence-electron chi connectivity index (χ2n) is 6.19. The number of anilines is 1. The van der Waals surface area contributed by atoms with Gasteiger partial charge in [-0.15, -0.1) is 0 Å². The molecule has 0 unspecified atom stereocenters. The second-order valence-corrected chi connectivity index (χ2v) is 6.19. The molecule has 2 heterocycles. The van der Waals surface area contributed by atoms with Crippen molar-refractivity contribution in [3.05, 3.63) is 65.5 Å². The fraction of sp³-hybridized carbons (Fsp3) is 0.211. The van der Waals surface area contributed by atoms with Gasteiger partial charge in [-0.3, -0.25) is 4.79 Å². The number of amides is 1. The number of nitrogens with one attached hydrogen (secondary N) is 1. The van der Waals surface area contributed by atoms with E-state index < -0.39 is 0 Å². The fourth-order valence-electron chi connectivity index (χ4n) is 2.46. The van der Waals surface area contributed by atoms with Gasteiger partial charge >= 0.3 is 0 Å². The largest absolute Gasteiger partial charge is 0.350 e. The standard InChI is InChI=1S/C19H20N4O2/c1-13-5-4-6-15(9-13)16-10-17(25-22-16)19(24)21-18-8-7-14(11-20-18)12-23(2)3/h4-11H,12H2,1-3H3,(H,20,21,24). The van der Waals surface area contributed by atoms with Gasteiger partial charge in [0, 0.05) is 24.4 Å². The summed E-state index contributed by atoms with van der Waals surface area (Å²) in [6.07, 6.45) is 1.74. The van der Waals surface area contributed by atoms with Gasteiger partial charge in [0.05, 0.1) is 0 Å². The van der Waals surface area contributed by atoms with E-state index in [0.29, 0.717) is 11.5 Å². The SMILES string of the molecule is Cc1cccc(-c2cc(C(=O)Nc3ccc(CN(C)C)cn3)on2)c1. The van der Waals surface area contributed by atoms with Crippen LogP contribution in [-0.4, -0.2) is 35.0 Å². The molecule has 128 valence electrons. The third-order valence-corrected chi connectivity index (χ3v) is 3.61. The average molecular weight is 336 g/mol. The van der Waals surface area contributed by atoms with Crippen molar-refractivity contribution in [2.75, 3.05) is 19.4 Å². The molecule has 0 saturated heterocycles. The highest BCUT2D eigenvalue weighted by molar-refractivity contribution is 6.02. The maximum Gasteiger partial charge on any atom is 0.295 e. The van der Waals surface area contributed by atoms with E-state index in [4.69, 9.17) is 4.52 Å². The molecular weight excluding hydrogens is 316 g/mol. The van der Waals surface area contributed by atoms with Gasteiger partial charge < -0.3 is 14.7 Å². The van der Waals surface area contributed by atoms with Gasteiger partial charge in [0.25, 0.3) is 5.91 Å². The number of hydrogen-bond acceptors (Lipinski definition) is 5. The number of aryl methyl sites for hydroxylation is 1. The highest BCUT2D eigenvalue weighted by Crippen LogP contribution is 2.20. The molecule has 0 radical (unpaired) electrons. The molecule has 1 amide bonds. The maximum atomic E-state index is 12.3. The molecular formula is C19H20N4O2. The van der Waals surface area contributed by atoms with Gasteiger partial charge in [-0.1, -0.05) is 35.0 Å². The highest BCUT2D eigenvalue weighted by atomic mass is 16.5. The molecule has 1 aromatic carbocycles. The predicted octanol–water partition coefficient (Wildman–Crippen LogP) is 3.36. The Morgan fingerprint density at radius 2 is 2.04 bits per heavy atom. The van der Waals surface area contributed by atoms with Crippen LogP contribution in [0.1, 0.15) is 21.7 Å². The predicted molar refractivity (Wildman–Crippen MR) is 96.3 cm³/mol. The Kier molecular flexibility index (Phi) is 4.90. The van der Waals surface area contributed by atoms with Crippen molar-refractivity contribution >= 4 is 11.7 Å². The van der Waals surface area contributed by atoms with Crippen molar-refractivity contribution in [3.63, 3.8) is 0 Å². The zero-order valence-corrected chi connectivity index (χ0v) is 14.5. The Bertz CT molecular complexity index is 869. The Hall–Kier alpha value is -2.99. The lowest BCUT2D eigenvalue weighted by atomic mass is 10.1. The van der Waals surface area contributed by atoms with E-state index in [0.717, 1.165) is 23.2 Å². The van der Waals surface area contributed by atoms with Crippen molar-refractivity contribution < 1.29 is 9.32 Å². The third-order valence-electron chi connectivity index (χ3n) is 3.61. The summed E-state index contributed by atoms with van der Waals surface area (Å²) < 4.78 is 5.17. The Labute approximate surface area is 146 Å². The lowest BCUT2D eigenvalue weighted by Gasteiger charge is -2.09. The zero-order chi connectivity index (χ0) is 17.8. The Balaban J connectivity index is 1.69. The molecule has 0 aliphatic carbocycles. The average Bonchev–Trinajstić information content (AvgIpc) is 3.06. The quantitative estimate of drug-likeness (QED) is 0.773. The number of aromatic nitrogens is 2. The Morgan fingerprint density at radius 3 is 2.72 bits per heavy atom. The molecule has 0 bridgehead atoms. The summed E-state index contributed by atoms with van der Waals surface area (Å²) in [6, 6.07) is 13.2. The highest BCUT2D eigenvalue weighted by Gasteiger charge is 2.15. The molecule has 3 aromatic rings. The minimum Gasteiger partial charge on any atom is -0.350 e. The molecule has 2 aromatic heterocycles. The van der Waals surface area contributed by atoms with Crippen LogP contribution in [0.15, 0.2) is 53.2 Å². The third kappa shape index (κ3) is 4.30. The number of carbonyl (C=O) groups excluding carboxylic acids is 1. The molecule has 0 atom stereocenters. The lowest BCUT2D eigenvalue weighted by molar-refractivity contribution is 0.0987. The van der Waals surface area contributed by atoms with Crippen molar-refractivity contribution in [1.29, 1.82) is 0 Å². The molecule has 0 aliphatic rings. The normalized spacial score (nSPS) is 10.9. The smallest absolute Gasteiger partial charge is 0.295 e. The van der Waals surface area contributed by atoms with Crippen LogP contribution in [0, 0.1) is 6.92 Å². The second kappa shape index (κ2) is 7.27. The zero-order valence-electron chi connectivity index (χ0n) is 14.5. The molecule has 6 nitrogen and oxygen atoms in total. The van der Waals surface area contributed by atoms with E-state index in [1.807, 2.05) is 51.4 Å². The summed E-state index contributed by atoms with van der Waals surface area (Å²) in [4.78, 5) is 18.6. The molecule has 0 saturated carbocycles. The van der Waals surface area contributed by atoms with Gasteiger partial charge in [-0.25, -0.2) is 4.98 Å². The van der Waals surface area contributed by atoms with Crippen LogP contribution < -0.4 is 5.32 Å². The minimum atomic E-state index is -0.376. The number of benzene rings is 1. The van der Waals surface area contributed by atoms with Gasteiger partial charge in [0.15, 0.2) is 0 Å².